The van der Waals surface area contributed by atoms with Crippen molar-refractivity contribution in [2.45, 2.75) is 163 Å². The van der Waals surface area contributed by atoms with Gasteiger partial charge in [0.2, 0.25) is 20.0 Å². The Morgan fingerprint density at radius 1 is 0.583 bits per heavy atom. The molecule has 14 nitrogen and oxygen atoms in total. The molecule has 4 aliphatic carbocycles. The molecule has 4 aromatic carbocycles. The molecule has 0 unspecified atom stereocenters. The Bertz CT molecular complexity index is 3240. The summed E-state index contributed by atoms with van der Waals surface area (Å²) in [6, 6.07) is 22.8. The molecule has 4 aromatic rings. The van der Waals surface area contributed by atoms with Gasteiger partial charge in [0, 0.05) is 58.2 Å². The Kier molecular flexibility index (Phi) is 17.2. The van der Waals surface area contributed by atoms with E-state index in [0.29, 0.717) is 89.4 Å². The number of hydrogen-bond acceptors (Lipinski definition) is 12. The minimum absolute atomic E-state index is 0.0832. The second kappa shape index (κ2) is 23.9. The van der Waals surface area contributed by atoms with Gasteiger partial charge in [0.05, 0.1) is 46.3 Å². The van der Waals surface area contributed by atoms with Crippen molar-refractivity contribution >= 4 is 66.4 Å². The molecule has 4 bridgehead atoms. The lowest BCUT2D eigenvalue weighted by Gasteiger charge is -2.48. The summed E-state index contributed by atoms with van der Waals surface area (Å²) < 4.78 is 70.6. The smallest absolute Gasteiger partial charge is 0.264 e. The van der Waals surface area contributed by atoms with Gasteiger partial charge in [-0.2, -0.15) is 0 Å². The van der Waals surface area contributed by atoms with Gasteiger partial charge in [0.1, 0.15) is 11.5 Å². The number of halogens is 2. The number of rotatable bonds is 2. The first-order valence-electron chi connectivity index (χ1n) is 30.6. The molecule has 0 aromatic heterocycles. The molecular weight excluding hydrogens is 1140 g/mol. The normalized spacial score (nSPS) is 33.3. The van der Waals surface area contributed by atoms with Gasteiger partial charge in [-0.15, -0.1) is 0 Å². The van der Waals surface area contributed by atoms with E-state index in [9.17, 15) is 36.6 Å². The number of amides is 2. The van der Waals surface area contributed by atoms with E-state index < -0.39 is 53.6 Å². The third-order valence-electron chi connectivity index (χ3n) is 20.3. The van der Waals surface area contributed by atoms with Crippen LogP contribution in [0.5, 0.6) is 11.5 Å². The first-order valence-corrected chi connectivity index (χ1v) is 34.4. The van der Waals surface area contributed by atoms with Gasteiger partial charge in [-0.1, -0.05) is 73.5 Å². The van der Waals surface area contributed by atoms with E-state index in [1.54, 1.807) is 36.4 Å². The number of sulfonamides is 2. The maximum absolute atomic E-state index is 13.4. The highest BCUT2D eigenvalue weighted by Crippen LogP contribution is 2.51. The van der Waals surface area contributed by atoms with E-state index in [1.807, 2.05) is 64.1 Å². The standard InChI is InChI=1S/2C33H41ClN2O5S/c2*1-3-26-8-4-5-15-32(2,38)27-12-9-24(27)19-36-20-33(16-6-7-22-17-25(34)11-13-28(22)33)21-41-30-14-10-23(18-29(30)36)31(37)35-42(26,39)40/h2*5,10-11,13-15,17-18,24,26-27,38H,3-4,6-9,12,16,19-21H2,1-2H3,(H,35,37)/b2*15-5+/t24-,26+,27+,32+,33-;24-,26+,27+,32-,33-/m00/s1. The van der Waals surface area contributed by atoms with Crippen molar-refractivity contribution < 1.29 is 46.1 Å². The van der Waals surface area contributed by atoms with Crippen LogP contribution >= 0.6 is 23.2 Å². The summed E-state index contributed by atoms with van der Waals surface area (Å²) in [7, 11) is -7.78. The maximum atomic E-state index is 13.4. The molecular formula is C66H82Cl2N4O10S2. The van der Waals surface area contributed by atoms with Crippen molar-refractivity contribution in [3.05, 3.63) is 141 Å². The average Bonchev–Trinajstić information content (AvgIpc) is 1.78. The van der Waals surface area contributed by atoms with Crippen LogP contribution in [0.2, 0.25) is 10.0 Å². The van der Waals surface area contributed by atoms with Crippen molar-refractivity contribution in [2.75, 3.05) is 49.2 Å². The molecule has 2 fully saturated rings. The number of benzene rings is 4. The predicted molar refractivity (Wildman–Crippen MR) is 332 cm³/mol. The largest absolute Gasteiger partial charge is 0.490 e. The summed E-state index contributed by atoms with van der Waals surface area (Å²) in [6.45, 7) is 11.2. The molecule has 8 aliphatic rings. The molecule has 0 saturated heterocycles. The number of hydrogen-bond donors (Lipinski definition) is 4. The van der Waals surface area contributed by atoms with Crippen molar-refractivity contribution in [3.8, 4) is 11.5 Å². The predicted octanol–water partition coefficient (Wildman–Crippen LogP) is 11.6. The topological polar surface area (TPSA) is 192 Å². The number of ether oxygens (including phenoxy) is 2. The number of aryl methyl sites for hydroxylation is 2. The molecule has 0 radical (unpaired) electrons. The van der Waals surface area contributed by atoms with Crippen molar-refractivity contribution in [2.24, 2.45) is 23.7 Å². The number of nitrogens with one attached hydrogen (secondary N) is 2. The highest BCUT2D eigenvalue weighted by molar-refractivity contribution is 7.91. The van der Waals surface area contributed by atoms with Crippen molar-refractivity contribution in [3.63, 3.8) is 0 Å². The van der Waals surface area contributed by atoms with Crippen LogP contribution in [0.1, 0.15) is 161 Å². The molecule has 2 saturated carbocycles. The third kappa shape index (κ3) is 12.2. The van der Waals surface area contributed by atoms with Crippen LogP contribution in [0.25, 0.3) is 0 Å². The van der Waals surface area contributed by atoms with Crippen LogP contribution in [-0.2, 0) is 43.7 Å². The van der Waals surface area contributed by atoms with Crippen LogP contribution in [-0.4, -0.2) is 100.0 Å². The minimum Gasteiger partial charge on any atom is -0.490 e. The van der Waals surface area contributed by atoms with E-state index in [4.69, 9.17) is 32.7 Å². The van der Waals surface area contributed by atoms with E-state index >= 15 is 0 Å². The molecule has 12 rings (SSSR count). The maximum Gasteiger partial charge on any atom is 0.264 e. The molecule has 10 atom stereocenters. The number of allylic oxidation sites excluding steroid dienone is 2. The van der Waals surface area contributed by atoms with Gasteiger partial charge in [-0.25, -0.2) is 26.3 Å². The van der Waals surface area contributed by atoms with Crippen LogP contribution in [0.4, 0.5) is 11.4 Å². The van der Waals surface area contributed by atoms with Gasteiger partial charge in [0.25, 0.3) is 11.8 Å². The van der Waals surface area contributed by atoms with E-state index in [2.05, 4.69) is 43.5 Å². The zero-order chi connectivity index (χ0) is 59.4. The van der Waals surface area contributed by atoms with Crippen molar-refractivity contribution in [1.82, 2.24) is 9.44 Å². The monoisotopic (exact) mass is 1220 g/mol. The lowest BCUT2D eigenvalue weighted by Crippen LogP contribution is -2.51. The minimum atomic E-state index is -3.89. The SMILES string of the molecule is CC[C@@H]1CC/C=C/[C@@](C)(O)[C@@H]2CC[C@H]2CN2C[C@@]3(CCCc4cc(Cl)ccc43)COc3ccc(cc32)C(=O)NS1(=O)=O.CC[C@@H]1CC/C=C/[C@](C)(O)[C@@H]2CC[C@H]2CN2C[C@@]3(CCCc4cc(Cl)ccc43)COc3ccc(cc32)C(=O)NS1(=O)=O. The second-order valence-corrected chi connectivity index (χ2v) is 30.7. The summed E-state index contributed by atoms with van der Waals surface area (Å²) in [6.07, 6.45) is 19.9. The molecule has 4 N–H and O–H groups in total. The summed E-state index contributed by atoms with van der Waals surface area (Å²) in [5.41, 5.74) is 4.66. The van der Waals surface area contributed by atoms with Gasteiger partial charge < -0.3 is 29.5 Å². The number of anilines is 2. The Balaban J connectivity index is 0.000000175. The average molecular weight is 1230 g/mol. The third-order valence-corrected chi connectivity index (χ3v) is 24.6. The van der Waals surface area contributed by atoms with Crippen LogP contribution < -0.4 is 28.7 Å². The molecule has 452 valence electrons. The summed E-state index contributed by atoms with van der Waals surface area (Å²) in [4.78, 5) is 31.4. The lowest BCUT2D eigenvalue weighted by molar-refractivity contribution is -0.0317. The van der Waals surface area contributed by atoms with Gasteiger partial charge in [-0.05, 0) is 223 Å². The van der Waals surface area contributed by atoms with Crippen molar-refractivity contribution in [1.29, 1.82) is 0 Å². The van der Waals surface area contributed by atoms with E-state index in [1.165, 1.54) is 22.3 Å². The Morgan fingerprint density at radius 2 is 1.00 bits per heavy atom. The second-order valence-electron chi connectivity index (χ2n) is 25.9. The molecule has 4 aliphatic heterocycles. The van der Waals surface area contributed by atoms with Crippen LogP contribution in [0, 0.1) is 23.7 Å². The van der Waals surface area contributed by atoms with E-state index in [-0.39, 0.29) is 45.6 Å². The van der Waals surface area contributed by atoms with Crippen LogP contribution in [0.3, 0.4) is 0 Å². The molecule has 2 spiro atoms. The molecule has 84 heavy (non-hydrogen) atoms. The number of aliphatic hydroxyl groups is 2. The van der Waals surface area contributed by atoms with E-state index in [0.717, 1.165) is 85.6 Å². The quantitative estimate of drug-likeness (QED) is 0.139. The zero-order valence-corrected chi connectivity index (χ0v) is 52.0. The molecule has 4 heterocycles. The molecule has 2 amide bonds. The molecule has 18 heteroatoms. The lowest BCUT2D eigenvalue weighted by atomic mass is 9.64. The summed E-state index contributed by atoms with van der Waals surface area (Å²) >= 11 is 12.8. The summed E-state index contributed by atoms with van der Waals surface area (Å²) in [5, 5.41) is 23.1. The number of nitrogens with zero attached hydrogens (tertiary/aromatic N) is 2. The van der Waals surface area contributed by atoms with Gasteiger partial charge in [-0.3, -0.25) is 9.59 Å². The Labute approximate surface area is 506 Å². The Morgan fingerprint density at radius 3 is 1.38 bits per heavy atom. The highest BCUT2D eigenvalue weighted by atomic mass is 35.5. The first-order chi connectivity index (χ1) is 40.0. The fourth-order valence-electron chi connectivity index (χ4n) is 15.3. The Hall–Kier alpha value is -5.10. The number of carbonyl (C=O) groups is 2. The fourth-order valence-corrected chi connectivity index (χ4v) is 18.6. The number of carbonyl (C=O) groups excluding carboxylic acids is 2. The highest BCUT2D eigenvalue weighted by Gasteiger charge is 2.49. The van der Waals surface area contributed by atoms with Gasteiger partial charge in [0.15, 0.2) is 0 Å². The zero-order valence-electron chi connectivity index (χ0n) is 48.9. The fraction of sp³-hybridized carbons (Fsp3) is 0.545. The number of fused-ring (bicyclic) bond motifs is 8. The van der Waals surface area contributed by atoms with Crippen LogP contribution in [0.15, 0.2) is 97.1 Å². The van der Waals surface area contributed by atoms with Gasteiger partial charge >= 0.3 is 0 Å². The summed E-state index contributed by atoms with van der Waals surface area (Å²) in [5.74, 6) is 0.801. The first kappa shape index (κ1) is 60.6.